The maximum Gasteiger partial charge on any atom is 0.410 e. The van der Waals surface area contributed by atoms with Gasteiger partial charge in [-0.2, -0.15) is 0 Å². The van der Waals surface area contributed by atoms with Gasteiger partial charge in [-0.3, -0.25) is 14.5 Å². The Morgan fingerprint density at radius 3 is 1.96 bits per heavy atom. The summed E-state index contributed by atoms with van der Waals surface area (Å²) in [7, 11) is 4.85. The van der Waals surface area contributed by atoms with Crippen LogP contribution in [0, 0.1) is 5.92 Å². The van der Waals surface area contributed by atoms with Gasteiger partial charge in [-0.05, 0) is 77.6 Å². The number of ether oxygens (including phenoxy) is 3. The van der Waals surface area contributed by atoms with Crippen molar-refractivity contribution in [2.45, 2.75) is 116 Å². The molecule has 0 radical (unpaired) electrons. The van der Waals surface area contributed by atoms with Gasteiger partial charge in [0, 0.05) is 35.6 Å². The van der Waals surface area contributed by atoms with Gasteiger partial charge in [0.15, 0.2) is 0 Å². The number of thioether (sulfide) groups is 1. The SMILES string of the molecule is CCOC(=O)C(C)=C[C@H](C(C)C)N(C)C(=O)[C@@H](NC(=O)[C@@H](N(C)C(=O)OC(C)(C)C)C(C)(C)c1ccccc1)C(C)(C)SCc1ccc(OC)cc1. The van der Waals surface area contributed by atoms with E-state index in [1.807, 2.05) is 96.1 Å². The van der Waals surface area contributed by atoms with E-state index in [4.69, 9.17) is 14.2 Å². The topological polar surface area (TPSA) is 114 Å². The van der Waals surface area contributed by atoms with E-state index in [2.05, 4.69) is 5.32 Å². The van der Waals surface area contributed by atoms with Gasteiger partial charge >= 0.3 is 12.1 Å². The number of hydrogen-bond donors (Lipinski definition) is 1. The fraction of sp³-hybridized carbons (Fsp3) is 0.561. The number of amides is 3. The van der Waals surface area contributed by atoms with Gasteiger partial charge in [0.2, 0.25) is 11.8 Å². The first kappa shape index (κ1) is 44.2. The summed E-state index contributed by atoms with van der Waals surface area (Å²) in [6, 6.07) is 14.6. The number of benzene rings is 2. The molecule has 0 spiro atoms. The number of likely N-dealkylation sites (N-methyl/N-ethyl adjacent to an activating group) is 2. The Morgan fingerprint density at radius 1 is 0.885 bits per heavy atom. The van der Waals surface area contributed by atoms with Gasteiger partial charge in [-0.1, -0.05) is 76.2 Å². The maximum atomic E-state index is 14.8. The summed E-state index contributed by atoms with van der Waals surface area (Å²) in [5.41, 5.74) is 0.531. The van der Waals surface area contributed by atoms with Crippen LogP contribution >= 0.6 is 11.8 Å². The van der Waals surface area contributed by atoms with E-state index in [1.165, 1.54) is 16.7 Å². The van der Waals surface area contributed by atoms with E-state index in [-0.39, 0.29) is 18.4 Å². The number of esters is 1. The van der Waals surface area contributed by atoms with Gasteiger partial charge < -0.3 is 24.4 Å². The van der Waals surface area contributed by atoms with Crippen molar-refractivity contribution in [3.8, 4) is 5.75 Å². The fourth-order valence-electron chi connectivity index (χ4n) is 5.95. The minimum absolute atomic E-state index is 0.0761. The smallest absolute Gasteiger partial charge is 0.410 e. The molecule has 2 rings (SSSR count). The second kappa shape index (κ2) is 18.7. The van der Waals surface area contributed by atoms with Crippen LogP contribution in [0.2, 0.25) is 0 Å². The predicted octanol–water partition coefficient (Wildman–Crippen LogP) is 7.40. The molecule has 288 valence electrons. The van der Waals surface area contributed by atoms with Crippen molar-refractivity contribution in [3.63, 3.8) is 0 Å². The van der Waals surface area contributed by atoms with E-state index >= 15 is 0 Å². The zero-order valence-electron chi connectivity index (χ0n) is 33.7. The van der Waals surface area contributed by atoms with Crippen LogP contribution in [0.5, 0.6) is 5.75 Å². The molecule has 0 heterocycles. The number of nitrogens with zero attached hydrogens (tertiary/aromatic N) is 2. The van der Waals surface area contributed by atoms with E-state index in [0.29, 0.717) is 11.3 Å². The monoisotopic (exact) mass is 739 g/mol. The highest BCUT2D eigenvalue weighted by Gasteiger charge is 2.47. The molecule has 52 heavy (non-hydrogen) atoms. The Balaban J connectivity index is 2.68. The quantitative estimate of drug-likeness (QED) is 0.140. The van der Waals surface area contributed by atoms with E-state index in [9.17, 15) is 19.2 Å². The number of hydrogen-bond acceptors (Lipinski definition) is 8. The van der Waals surface area contributed by atoms with Gasteiger partial charge in [0.05, 0.1) is 19.8 Å². The van der Waals surface area contributed by atoms with Crippen LogP contribution in [0.4, 0.5) is 4.79 Å². The van der Waals surface area contributed by atoms with Crippen molar-refractivity contribution in [3.05, 3.63) is 77.4 Å². The summed E-state index contributed by atoms with van der Waals surface area (Å²) in [4.78, 5) is 58.7. The first-order chi connectivity index (χ1) is 24.1. The van der Waals surface area contributed by atoms with Crippen molar-refractivity contribution >= 4 is 35.6 Å². The van der Waals surface area contributed by atoms with Gasteiger partial charge in [-0.25, -0.2) is 9.59 Å². The van der Waals surface area contributed by atoms with Crippen molar-refractivity contribution in [1.29, 1.82) is 0 Å². The molecule has 1 N–H and O–H groups in total. The third-order valence-corrected chi connectivity index (χ3v) is 10.5. The summed E-state index contributed by atoms with van der Waals surface area (Å²) in [6.07, 6.45) is 1.08. The molecule has 3 amide bonds. The Labute approximate surface area is 316 Å². The number of methoxy groups -OCH3 is 1. The molecule has 2 aromatic rings. The molecule has 10 nitrogen and oxygen atoms in total. The minimum atomic E-state index is -1.07. The molecule has 0 aliphatic heterocycles. The van der Waals surface area contributed by atoms with Crippen molar-refractivity contribution in [2.24, 2.45) is 5.92 Å². The molecule has 11 heteroatoms. The zero-order valence-corrected chi connectivity index (χ0v) is 34.5. The average Bonchev–Trinajstić information content (AvgIpc) is 3.07. The molecular weight excluding hydrogens is 679 g/mol. The van der Waals surface area contributed by atoms with Gasteiger partial charge in [-0.15, -0.1) is 11.8 Å². The number of carbonyl (C=O) groups excluding carboxylic acids is 4. The van der Waals surface area contributed by atoms with Crippen molar-refractivity contribution < 1.29 is 33.4 Å². The molecule has 0 saturated carbocycles. The Kier molecular flexibility index (Phi) is 15.9. The van der Waals surface area contributed by atoms with Crippen LogP contribution in [-0.4, -0.2) is 90.0 Å². The molecule has 0 aliphatic carbocycles. The summed E-state index contributed by atoms with van der Waals surface area (Å²) in [5, 5.41) is 3.12. The lowest BCUT2D eigenvalue weighted by molar-refractivity contribution is -0.140. The highest BCUT2D eigenvalue weighted by Crippen LogP contribution is 2.35. The van der Waals surface area contributed by atoms with Gasteiger partial charge in [0.25, 0.3) is 0 Å². The highest BCUT2D eigenvalue weighted by molar-refractivity contribution is 7.99. The number of rotatable bonds is 16. The van der Waals surface area contributed by atoms with Crippen molar-refractivity contribution in [2.75, 3.05) is 27.8 Å². The number of carbonyl (C=O) groups is 4. The van der Waals surface area contributed by atoms with Crippen molar-refractivity contribution in [1.82, 2.24) is 15.1 Å². The lowest BCUT2D eigenvalue weighted by atomic mass is 9.76. The molecule has 0 fully saturated rings. The van der Waals surface area contributed by atoms with Crippen LogP contribution < -0.4 is 10.1 Å². The molecule has 2 aromatic carbocycles. The van der Waals surface area contributed by atoms with Crippen LogP contribution in [0.3, 0.4) is 0 Å². The van der Waals surface area contributed by atoms with Crippen LogP contribution in [0.15, 0.2) is 66.2 Å². The average molecular weight is 740 g/mol. The largest absolute Gasteiger partial charge is 0.497 e. The Hall–Kier alpha value is -3.99. The summed E-state index contributed by atoms with van der Waals surface area (Å²) < 4.78 is 15.4. The predicted molar refractivity (Wildman–Crippen MR) is 209 cm³/mol. The van der Waals surface area contributed by atoms with E-state index in [0.717, 1.165) is 16.9 Å². The second-order valence-corrected chi connectivity index (χ2v) is 17.1. The minimum Gasteiger partial charge on any atom is -0.497 e. The van der Waals surface area contributed by atoms with E-state index < -0.39 is 51.9 Å². The van der Waals surface area contributed by atoms with Crippen LogP contribution in [-0.2, 0) is 35.0 Å². The lowest BCUT2D eigenvalue weighted by Crippen LogP contribution is -2.64. The highest BCUT2D eigenvalue weighted by atomic mass is 32.2. The summed E-state index contributed by atoms with van der Waals surface area (Å²) in [6.45, 7) is 20.5. The first-order valence-electron chi connectivity index (χ1n) is 17.8. The van der Waals surface area contributed by atoms with Crippen LogP contribution in [0.25, 0.3) is 0 Å². The molecule has 0 aromatic heterocycles. The molecule has 0 bridgehead atoms. The maximum absolute atomic E-state index is 14.8. The third kappa shape index (κ3) is 12.0. The lowest BCUT2D eigenvalue weighted by Gasteiger charge is -2.43. The molecule has 3 atom stereocenters. The molecule has 0 unspecified atom stereocenters. The molecular formula is C41H61N3O7S. The normalized spacial score (nSPS) is 14.2. The summed E-state index contributed by atoms with van der Waals surface area (Å²) >= 11 is 1.53. The Morgan fingerprint density at radius 2 is 1.46 bits per heavy atom. The Bertz CT molecular complexity index is 1530. The number of nitrogens with one attached hydrogen (secondary N) is 1. The molecule has 0 saturated heterocycles. The second-order valence-electron chi connectivity index (χ2n) is 15.5. The summed E-state index contributed by atoms with van der Waals surface area (Å²) in [5.74, 6) is -0.0953. The zero-order chi connectivity index (χ0) is 39.6. The fourth-order valence-corrected chi connectivity index (χ4v) is 7.01. The standard InChI is InChI=1S/C41H61N3O7S/c1-15-50-37(47)28(4)25-32(27(2)3)43(12)36(46)33(41(10,11)52-26-29-21-23-31(49-14)24-22-29)42-35(45)34(44(13)38(48)51-39(5,6)7)40(8,9)30-19-17-16-18-20-30/h16-25,27,32-34H,15,26H2,1-14H3,(H,42,45)/t32-,33-,34-/m1/s1. The molecule has 0 aliphatic rings. The first-order valence-corrected chi connectivity index (χ1v) is 18.8. The van der Waals surface area contributed by atoms with E-state index in [1.54, 1.807) is 66.8 Å². The van der Waals surface area contributed by atoms with Gasteiger partial charge in [0.1, 0.15) is 23.4 Å². The van der Waals surface area contributed by atoms with Crippen LogP contribution in [0.1, 0.15) is 87.3 Å². The third-order valence-electron chi connectivity index (χ3n) is 9.01.